The summed E-state index contributed by atoms with van der Waals surface area (Å²) >= 11 is 0. The highest BCUT2D eigenvalue weighted by molar-refractivity contribution is 5.79. The Morgan fingerprint density at radius 1 is 1.08 bits per heavy atom. The van der Waals surface area contributed by atoms with Crippen molar-refractivity contribution in [2.75, 3.05) is 7.05 Å². The van der Waals surface area contributed by atoms with Gasteiger partial charge in [0.05, 0.1) is 5.92 Å². The van der Waals surface area contributed by atoms with Crippen LogP contribution < -0.4 is 5.73 Å². The number of carbonyl (C=O) groups is 1. The first-order valence-electron chi connectivity index (χ1n) is 8.72. The lowest BCUT2D eigenvalue weighted by atomic mass is 9.86. The molecule has 3 atom stereocenters. The van der Waals surface area contributed by atoms with Crippen LogP contribution in [0.1, 0.15) is 36.1 Å². The Kier molecular flexibility index (Phi) is 5.00. The van der Waals surface area contributed by atoms with Gasteiger partial charge in [-0.2, -0.15) is 0 Å². The van der Waals surface area contributed by atoms with E-state index >= 15 is 0 Å². The van der Waals surface area contributed by atoms with E-state index in [1.54, 1.807) is 0 Å². The second-order valence-corrected chi connectivity index (χ2v) is 6.84. The summed E-state index contributed by atoms with van der Waals surface area (Å²) in [6.45, 7) is 1.94. The summed E-state index contributed by atoms with van der Waals surface area (Å²) in [5, 5.41) is 0. The molecule has 3 rings (SSSR count). The number of benzene rings is 2. The summed E-state index contributed by atoms with van der Waals surface area (Å²) in [5.74, 6) is -0.0923. The monoisotopic (exact) mass is 322 g/mol. The van der Waals surface area contributed by atoms with Crippen molar-refractivity contribution in [2.24, 2.45) is 11.7 Å². The molecular weight excluding hydrogens is 296 g/mol. The average molecular weight is 322 g/mol. The van der Waals surface area contributed by atoms with Crippen molar-refractivity contribution in [2.45, 2.75) is 38.3 Å². The molecule has 3 heteroatoms. The minimum atomic E-state index is -0.267. The Bertz CT molecular complexity index is 698. The maximum Gasteiger partial charge on any atom is 0.227 e. The molecule has 2 N–H and O–H groups in total. The number of aryl methyl sites for hydroxylation is 1. The smallest absolute Gasteiger partial charge is 0.227 e. The Morgan fingerprint density at radius 3 is 2.42 bits per heavy atom. The molecule has 0 bridgehead atoms. The molecule has 0 spiro atoms. The Labute approximate surface area is 144 Å². The minimum Gasteiger partial charge on any atom is -0.342 e. The summed E-state index contributed by atoms with van der Waals surface area (Å²) < 4.78 is 0. The van der Waals surface area contributed by atoms with Crippen LogP contribution in [0.4, 0.5) is 0 Å². The molecule has 0 fully saturated rings. The molecule has 2 aromatic rings. The zero-order chi connectivity index (χ0) is 17.1. The van der Waals surface area contributed by atoms with Gasteiger partial charge < -0.3 is 10.6 Å². The van der Waals surface area contributed by atoms with Crippen molar-refractivity contribution in [1.82, 2.24) is 4.90 Å². The van der Waals surface area contributed by atoms with Crippen LogP contribution in [0.25, 0.3) is 0 Å². The summed E-state index contributed by atoms with van der Waals surface area (Å²) in [6, 6.07) is 18.4. The molecule has 1 amide bonds. The van der Waals surface area contributed by atoms with E-state index in [0.717, 1.165) is 24.8 Å². The average Bonchev–Trinajstić information content (AvgIpc) is 2.66. The van der Waals surface area contributed by atoms with E-state index in [1.807, 2.05) is 49.2 Å². The Morgan fingerprint density at radius 2 is 1.71 bits per heavy atom. The predicted octanol–water partition coefficient (Wildman–Crippen LogP) is 3.34. The van der Waals surface area contributed by atoms with Gasteiger partial charge in [-0.15, -0.1) is 0 Å². The molecule has 0 saturated carbocycles. The number of carbonyl (C=O) groups excluding carboxylic acids is 1. The van der Waals surface area contributed by atoms with Gasteiger partial charge in [-0.3, -0.25) is 4.79 Å². The molecule has 2 aromatic carbocycles. The first kappa shape index (κ1) is 16.7. The van der Waals surface area contributed by atoms with Crippen LogP contribution in [0, 0.1) is 5.92 Å². The molecule has 1 aliphatic carbocycles. The molecule has 3 nitrogen and oxygen atoms in total. The van der Waals surface area contributed by atoms with Crippen molar-refractivity contribution in [3.05, 3.63) is 71.3 Å². The van der Waals surface area contributed by atoms with Crippen LogP contribution in [-0.4, -0.2) is 23.9 Å². The quantitative estimate of drug-likeness (QED) is 0.938. The molecule has 0 aromatic heterocycles. The van der Waals surface area contributed by atoms with E-state index in [-0.39, 0.29) is 23.9 Å². The topological polar surface area (TPSA) is 46.3 Å². The number of nitrogens with two attached hydrogens (primary N) is 1. The number of likely N-dealkylation sites (N-methyl/N-ethyl adjacent to an activating group) is 1. The fraction of sp³-hybridized carbons (Fsp3) is 0.381. The van der Waals surface area contributed by atoms with Gasteiger partial charge in [-0.1, -0.05) is 61.5 Å². The zero-order valence-electron chi connectivity index (χ0n) is 14.5. The maximum absolute atomic E-state index is 12.9. The van der Waals surface area contributed by atoms with Crippen LogP contribution >= 0.6 is 0 Å². The fourth-order valence-corrected chi connectivity index (χ4v) is 3.63. The van der Waals surface area contributed by atoms with Crippen LogP contribution in [0.15, 0.2) is 54.6 Å². The van der Waals surface area contributed by atoms with E-state index in [4.69, 9.17) is 5.73 Å². The maximum atomic E-state index is 12.9. The molecule has 0 radical (unpaired) electrons. The second-order valence-electron chi connectivity index (χ2n) is 6.84. The number of amides is 1. The van der Waals surface area contributed by atoms with Crippen LogP contribution in [0.2, 0.25) is 0 Å². The molecule has 0 aliphatic heterocycles. The molecular formula is C21H26N2O. The Balaban J connectivity index is 1.69. The first-order valence-corrected chi connectivity index (χ1v) is 8.72. The van der Waals surface area contributed by atoms with Gasteiger partial charge in [0, 0.05) is 19.1 Å². The summed E-state index contributed by atoms with van der Waals surface area (Å²) in [4.78, 5) is 14.8. The molecule has 3 unspecified atom stereocenters. The van der Waals surface area contributed by atoms with Gasteiger partial charge >= 0.3 is 0 Å². The largest absolute Gasteiger partial charge is 0.342 e. The fourth-order valence-electron chi connectivity index (χ4n) is 3.63. The lowest BCUT2D eigenvalue weighted by molar-refractivity contribution is -0.136. The first-order chi connectivity index (χ1) is 11.6. The Hall–Kier alpha value is -2.13. The number of hydrogen-bond acceptors (Lipinski definition) is 2. The van der Waals surface area contributed by atoms with Crippen LogP contribution in [0.5, 0.6) is 0 Å². The number of fused-ring (bicyclic) bond motifs is 1. The van der Waals surface area contributed by atoms with Gasteiger partial charge in [0.25, 0.3) is 0 Å². The summed E-state index contributed by atoms with van der Waals surface area (Å²) in [5.41, 5.74) is 10.1. The lowest BCUT2D eigenvalue weighted by Crippen LogP contribution is -2.45. The van der Waals surface area contributed by atoms with Gasteiger partial charge in [0.15, 0.2) is 0 Å². The van der Waals surface area contributed by atoms with Crippen molar-refractivity contribution in [3.63, 3.8) is 0 Å². The summed E-state index contributed by atoms with van der Waals surface area (Å²) in [7, 11) is 1.93. The standard InChI is InChI=1S/C21H26N2O/c1-15(20(22)17-9-4-3-5-10-17)21(24)23(2)19-13-12-16-8-6-7-11-18(16)14-19/h3-11,15,19-20H,12-14,22H2,1-2H3. The number of nitrogens with zero attached hydrogens (tertiary/aromatic N) is 1. The van der Waals surface area contributed by atoms with Gasteiger partial charge in [-0.25, -0.2) is 0 Å². The lowest BCUT2D eigenvalue weighted by Gasteiger charge is -2.35. The van der Waals surface area contributed by atoms with Crippen molar-refractivity contribution < 1.29 is 4.79 Å². The third-order valence-corrected chi connectivity index (χ3v) is 5.33. The SMILES string of the molecule is CC(C(=O)N(C)C1CCc2ccccc2C1)C(N)c1ccccc1. The van der Waals surface area contributed by atoms with Crippen LogP contribution in [0.3, 0.4) is 0 Å². The van der Waals surface area contributed by atoms with Crippen LogP contribution in [-0.2, 0) is 17.6 Å². The van der Waals surface area contributed by atoms with E-state index in [2.05, 4.69) is 24.3 Å². The molecule has 0 heterocycles. The van der Waals surface area contributed by atoms with Crippen molar-refractivity contribution in [3.8, 4) is 0 Å². The number of hydrogen-bond donors (Lipinski definition) is 1. The molecule has 1 aliphatic rings. The summed E-state index contributed by atoms with van der Waals surface area (Å²) in [6.07, 6.45) is 3.00. The van der Waals surface area contributed by atoms with Crippen molar-refractivity contribution in [1.29, 1.82) is 0 Å². The molecule has 126 valence electrons. The third kappa shape index (κ3) is 3.36. The van der Waals surface area contributed by atoms with E-state index in [9.17, 15) is 4.79 Å². The zero-order valence-corrected chi connectivity index (χ0v) is 14.5. The van der Waals surface area contributed by atoms with Gasteiger partial charge in [0.1, 0.15) is 0 Å². The van der Waals surface area contributed by atoms with E-state index < -0.39 is 0 Å². The van der Waals surface area contributed by atoms with Crippen molar-refractivity contribution >= 4 is 5.91 Å². The third-order valence-electron chi connectivity index (χ3n) is 5.33. The molecule has 0 saturated heterocycles. The number of rotatable bonds is 4. The highest BCUT2D eigenvalue weighted by Gasteiger charge is 2.30. The normalized spacial score (nSPS) is 19.2. The highest BCUT2D eigenvalue weighted by Crippen LogP contribution is 2.27. The van der Waals surface area contributed by atoms with Gasteiger partial charge in [0.2, 0.25) is 5.91 Å². The highest BCUT2D eigenvalue weighted by atomic mass is 16.2. The molecule has 24 heavy (non-hydrogen) atoms. The second kappa shape index (κ2) is 7.18. The van der Waals surface area contributed by atoms with E-state index in [0.29, 0.717) is 0 Å². The predicted molar refractivity (Wildman–Crippen MR) is 97.6 cm³/mol. The van der Waals surface area contributed by atoms with E-state index in [1.165, 1.54) is 11.1 Å². The minimum absolute atomic E-state index is 0.135. The van der Waals surface area contributed by atoms with Gasteiger partial charge in [-0.05, 0) is 36.0 Å².